The van der Waals surface area contributed by atoms with Crippen molar-refractivity contribution in [3.8, 4) is 5.75 Å². The number of rotatable bonds is 5. The molecule has 1 N–H and O–H groups in total. The van der Waals surface area contributed by atoms with E-state index < -0.39 is 17.5 Å². The van der Waals surface area contributed by atoms with E-state index in [1.165, 1.54) is 0 Å². The normalized spacial score (nSPS) is 18.6. The van der Waals surface area contributed by atoms with E-state index in [1.807, 2.05) is 38.1 Å². The van der Waals surface area contributed by atoms with Gasteiger partial charge in [-0.3, -0.25) is 4.79 Å². The minimum absolute atomic E-state index is 0.0713. The Morgan fingerprint density at radius 2 is 2.09 bits per heavy atom. The third-order valence-corrected chi connectivity index (χ3v) is 4.03. The first-order valence-corrected chi connectivity index (χ1v) is 7.61. The zero-order valence-corrected chi connectivity index (χ0v) is 13.7. The predicted molar refractivity (Wildman–Crippen MR) is 84.4 cm³/mol. The van der Waals surface area contributed by atoms with Gasteiger partial charge < -0.3 is 19.5 Å². The van der Waals surface area contributed by atoms with E-state index in [-0.39, 0.29) is 19.1 Å². The Morgan fingerprint density at radius 3 is 2.74 bits per heavy atom. The standard InChI is InChI=1S/C17H23NO5/c1-17(2,10-12-6-4-5-7-13(12)22-3)16(21)18-8-9-23-14(11-18)15(19)20/h4-7,14H,8-11H2,1-3H3,(H,19,20)/t14-/m1/s1. The van der Waals surface area contributed by atoms with E-state index in [2.05, 4.69) is 0 Å². The molecule has 23 heavy (non-hydrogen) atoms. The van der Waals surface area contributed by atoms with E-state index in [9.17, 15) is 9.59 Å². The summed E-state index contributed by atoms with van der Waals surface area (Å²) in [6.07, 6.45) is -0.431. The molecular weight excluding hydrogens is 298 g/mol. The number of hydrogen-bond acceptors (Lipinski definition) is 4. The van der Waals surface area contributed by atoms with Crippen LogP contribution in [0.4, 0.5) is 0 Å². The van der Waals surface area contributed by atoms with Crippen LogP contribution < -0.4 is 4.74 Å². The summed E-state index contributed by atoms with van der Waals surface area (Å²) in [6.45, 7) is 4.48. The number of aliphatic carboxylic acids is 1. The molecule has 1 fully saturated rings. The number of hydrogen-bond donors (Lipinski definition) is 1. The minimum Gasteiger partial charge on any atom is -0.496 e. The quantitative estimate of drug-likeness (QED) is 0.891. The first-order chi connectivity index (χ1) is 10.8. The molecule has 6 heteroatoms. The number of morpholine rings is 1. The number of benzene rings is 1. The van der Waals surface area contributed by atoms with E-state index >= 15 is 0 Å². The Balaban J connectivity index is 2.12. The van der Waals surface area contributed by atoms with Crippen molar-refractivity contribution in [2.45, 2.75) is 26.4 Å². The van der Waals surface area contributed by atoms with Gasteiger partial charge in [-0.05, 0) is 18.1 Å². The van der Waals surface area contributed by atoms with Crippen molar-refractivity contribution in [3.63, 3.8) is 0 Å². The molecule has 1 atom stereocenters. The fourth-order valence-electron chi connectivity index (χ4n) is 2.81. The van der Waals surface area contributed by atoms with E-state index in [4.69, 9.17) is 14.6 Å². The molecular formula is C17H23NO5. The van der Waals surface area contributed by atoms with Crippen molar-refractivity contribution in [1.29, 1.82) is 0 Å². The number of nitrogens with zero attached hydrogens (tertiary/aromatic N) is 1. The average molecular weight is 321 g/mol. The molecule has 1 aromatic carbocycles. The van der Waals surface area contributed by atoms with Crippen LogP contribution in [0, 0.1) is 5.41 Å². The number of methoxy groups -OCH3 is 1. The lowest BCUT2D eigenvalue weighted by Crippen LogP contribution is -2.52. The number of para-hydroxylation sites is 1. The maximum absolute atomic E-state index is 12.8. The van der Waals surface area contributed by atoms with E-state index in [1.54, 1.807) is 12.0 Å². The lowest BCUT2D eigenvalue weighted by Gasteiger charge is -2.36. The number of carboxylic acids is 1. The third-order valence-electron chi connectivity index (χ3n) is 4.03. The smallest absolute Gasteiger partial charge is 0.334 e. The Labute approximate surface area is 136 Å². The van der Waals surface area contributed by atoms with Gasteiger partial charge in [-0.15, -0.1) is 0 Å². The molecule has 1 aliphatic heterocycles. The van der Waals surface area contributed by atoms with Crippen LogP contribution in [0.25, 0.3) is 0 Å². The second kappa shape index (κ2) is 7.00. The average Bonchev–Trinajstić information content (AvgIpc) is 2.54. The van der Waals surface area contributed by atoms with E-state index in [0.717, 1.165) is 11.3 Å². The van der Waals surface area contributed by atoms with Gasteiger partial charge in [0, 0.05) is 12.0 Å². The van der Waals surface area contributed by atoms with Gasteiger partial charge >= 0.3 is 5.97 Å². The first-order valence-electron chi connectivity index (χ1n) is 7.61. The van der Waals surface area contributed by atoms with Crippen LogP contribution in [0.15, 0.2) is 24.3 Å². The van der Waals surface area contributed by atoms with Crippen LogP contribution in [0.2, 0.25) is 0 Å². The minimum atomic E-state index is -1.04. The number of ether oxygens (including phenoxy) is 2. The lowest BCUT2D eigenvalue weighted by atomic mass is 9.83. The molecule has 1 saturated heterocycles. The SMILES string of the molecule is COc1ccccc1CC(C)(C)C(=O)N1CCO[C@@H](C(=O)O)C1. The lowest BCUT2D eigenvalue weighted by molar-refractivity contribution is -0.162. The van der Waals surface area contributed by atoms with Gasteiger partial charge in [-0.2, -0.15) is 0 Å². The highest BCUT2D eigenvalue weighted by Crippen LogP contribution is 2.30. The Morgan fingerprint density at radius 1 is 1.39 bits per heavy atom. The van der Waals surface area contributed by atoms with Crippen molar-refractivity contribution >= 4 is 11.9 Å². The van der Waals surface area contributed by atoms with Gasteiger partial charge in [0.05, 0.1) is 20.3 Å². The number of carboxylic acid groups (broad SMARTS) is 1. The molecule has 2 rings (SSSR count). The largest absolute Gasteiger partial charge is 0.496 e. The fraction of sp³-hybridized carbons (Fsp3) is 0.529. The molecule has 0 aliphatic carbocycles. The number of amides is 1. The molecule has 0 bridgehead atoms. The summed E-state index contributed by atoms with van der Waals surface area (Å²) in [7, 11) is 1.60. The highest BCUT2D eigenvalue weighted by Gasteiger charge is 2.37. The Hall–Kier alpha value is -2.08. The highest BCUT2D eigenvalue weighted by molar-refractivity contribution is 5.83. The molecule has 0 saturated carbocycles. The van der Waals surface area contributed by atoms with Crippen LogP contribution in [0.3, 0.4) is 0 Å². The molecule has 1 heterocycles. The van der Waals surface area contributed by atoms with E-state index in [0.29, 0.717) is 13.0 Å². The second-order valence-electron chi connectivity index (χ2n) is 6.32. The fourth-order valence-corrected chi connectivity index (χ4v) is 2.81. The number of carbonyl (C=O) groups excluding carboxylic acids is 1. The maximum atomic E-state index is 12.8. The van der Waals surface area contributed by atoms with Gasteiger partial charge in [0.1, 0.15) is 5.75 Å². The van der Waals surface area contributed by atoms with Crippen LogP contribution in [0.5, 0.6) is 5.75 Å². The first kappa shape index (κ1) is 17.3. The molecule has 0 radical (unpaired) electrons. The van der Waals surface area contributed by atoms with Gasteiger partial charge in [0.2, 0.25) is 5.91 Å². The van der Waals surface area contributed by atoms with Crippen molar-refractivity contribution < 1.29 is 24.2 Å². The van der Waals surface area contributed by atoms with Crippen LogP contribution in [-0.2, 0) is 20.7 Å². The topological polar surface area (TPSA) is 76.1 Å². The van der Waals surface area contributed by atoms with Gasteiger partial charge in [-0.1, -0.05) is 32.0 Å². The van der Waals surface area contributed by atoms with Crippen molar-refractivity contribution in [3.05, 3.63) is 29.8 Å². The molecule has 0 aromatic heterocycles. The van der Waals surface area contributed by atoms with Crippen LogP contribution >= 0.6 is 0 Å². The summed E-state index contributed by atoms with van der Waals surface area (Å²) >= 11 is 0. The summed E-state index contributed by atoms with van der Waals surface area (Å²) < 4.78 is 10.5. The molecule has 1 amide bonds. The summed E-state index contributed by atoms with van der Waals surface area (Å²) in [5.74, 6) is -0.359. The summed E-state index contributed by atoms with van der Waals surface area (Å²) in [4.78, 5) is 25.5. The highest BCUT2D eigenvalue weighted by atomic mass is 16.5. The van der Waals surface area contributed by atoms with Crippen molar-refractivity contribution in [2.24, 2.45) is 5.41 Å². The van der Waals surface area contributed by atoms with Crippen LogP contribution in [0.1, 0.15) is 19.4 Å². The molecule has 1 aliphatic rings. The molecule has 6 nitrogen and oxygen atoms in total. The monoisotopic (exact) mass is 321 g/mol. The van der Waals surface area contributed by atoms with Crippen molar-refractivity contribution in [2.75, 3.05) is 26.8 Å². The zero-order chi connectivity index (χ0) is 17.0. The molecule has 0 unspecified atom stereocenters. The van der Waals surface area contributed by atoms with Gasteiger partial charge in [0.15, 0.2) is 6.10 Å². The molecule has 126 valence electrons. The molecule has 1 aromatic rings. The summed E-state index contributed by atoms with van der Waals surface area (Å²) in [5, 5.41) is 9.06. The van der Waals surface area contributed by atoms with Gasteiger partial charge in [-0.25, -0.2) is 4.79 Å². The number of carbonyl (C=O) groups is 2. The predicted octanol–water partition coefficient (Wildman–Crippen LogP) is 1.58. The van der Waals surface area contributed by atoms with Gasteiger partial charge in [0.25, 0.3) is 0 Å². The van der Waals surface area contributed by atoms with Crippen LogP contribution in [-0.4, -0.2) is 54.8 Å². The zero-order valence-electron chi connectivity index (χ0n) is 13.7. The summed E-state index contributed by atoms with van der Waals surface area (Å²) in [6, 6.07) is 7.60. The van der Waals surface area contributed by atoms with Crippen molar-refractivity contribution in [1.82, 2.24) is 4.90 Å². The second-order valence-corrected chi connectivity index (χ2v) is 6.32. The summed E-state index contributed by atoms with van der Waals surface area (Å²) in [5.41, 5.74) is 0.297. The molecule has 0 spiro atoms. The Kier molecular flexibility index (Phi) is 5.26. The Bertz CT molecular complexity index is 584. The maximum Gasteiger partial charge on any atom is 0.334 e. The third kappa shape index (κ3) is 4.01.